The van der Waals surface area contributed by atoms with E-state index in [9.17, 15) is 8.42 Å². The van der Waals surface area contributed by atoms with Crippen molar-refractivity contribution in [3.8, 4) is 0 Å². The van der Waals surface area contributed by atoms with Gasteiger partial charge in [0.25, 0.3) is 10.0 Å². The number of sulfonamides is 1. The third-order valence-corrected chi connectivity index (χ3v) is 5.83. The molecule has 0 atom stereocenters. The van der Waals surface area contributed by atoms with Gasteiger partial charge in [-0.15, -0.1) is 0 Å². The largest absolute Gasteiger partial charge is 0.380 e. The van der Waals surface area contributed by atoms with Gasteiger partial charge in [0.05, 0.1) is 18.9 Å². The van der Waals surface area contributed by atoms with E-state index in [2.05, 4.69) is 9.71 Å². The van der Waals surface area contributed by atoms with E-state index in [1.807, 2.05) is 6.92 Å². The molecule has 0 spiro atoms. The van der Waals surface area contributed by atoms with Crippen LogP contribution in [0.1, 0.15) is 12.6 Å². The summed E-state index contributed by atoms with van der Waals surface area (Å²) in [7, 11) is -3.51. The zero-order chi connectivity index (χ0) is 12.7. The van der Waals surface area contributed by atoms with E-state index in [0.29, 0.717) is 25.5 Å². The van der Waals surface area contributed by atoms with Crippen LogP contribution in [0.2, 0.25) is 4.47 Å². The molecule has 2 rings (SSSR count). The molecular weight excluding hydrogens is 284 g/mol. The Labute approximate surface area is 109 Å². The number of hydrogen-bond donors (Lipinski definition) is 1. The third-order valence-electron chi connectivity index (χ3n) is 2.56. The summed E-state index contributed by atoms with van der Waals surface area (Å²) in [5, 5.41) is 0. The zero-order valence-electron chi connectivity index (χ0n) is 9.49. The van der Waals surface area contributed by atoms with Crippen LogP contribution in [0.3, 0.4) is 0 Å². The molecule has 1 aromatic rings. The van der Waals surface area contributed by atoms with E-state index in [1.165, 1.54) is 0 Å². The molecule has 0 bridgehead atoms. The summed E-state index contributed by atoms with van der Waals surface area (Å²) >= 11 is 6.67. The molecule has 8 heteroatoms. The summed E-state index contributed by atoms with van der Waals surface area (Å²) < 4.78 is 32.1. The molecule has 17 heavy (non-hydrogen) atoms. The lowest BCUT2D eigenvalue weighted by molar-refractivity contribution is -0.0965. The number of aryl methyl sites for hydroxylation is 1. The number of halogens is 1. The van der Waals surface area contributed by atoms with Gasteiger partial charge in [0.15, 0.2) is 8.68 Å². The molecule has 0 unspecified atom stereocenters. The molecule has 1 aromatic heterocycles. The van der Waals surface area contributed by atoms with Gasteiger partial charge in [-0.2, -0.15) is 0 Å². The van der Waals surface area contributed by atoms with Gasteiger partial charge in [-0.3, -0.25) is 0 Å². The van der Waals surface area contributed by atoms with Gasteiger partial charge in [-0.25, -0.2) is 18.1 Å². The minimum absolute atomic E-state index is 0.102. The van der Waals surface area contributed by atoms with Gasteiger partial charge >= 0.3 is 0 Å². The number of hydrogen-bond acceptors (Lipinski definition) is 5. The zero-order valence-corrected chi connectivity index (χ0v) is 11.9. The molecule has 5 nitrogen and oxygen atoms in total. The highest BCUT2D eigenvalue weighted by Crippen LogP contribution is 2.29. The smallest absolute Gasteiger partial charge is 0.252 e. The number of ether oxygens (including phenoxy) is 1. The first-order valence-corrected chi connectivity index (χ1v) is 7.71. The normalized spacial score (nSPS) is 19.0. The molecule has 1 aliphatic heterocycles. The van der Waals surface area contributed by atoms with Gasteiger partial charge in [0.2, 0.25) is 0 Å². The first kappa shape index (κ1) is 13.2. The summed E-state index contributed by atoms with van der Waals surface area (Å²) in [5.74, 6) is 0. The topological polar surface area (TPSA) is 68.3 Å². The Hall–Kier alpha value is -0.210. The van der Waals surface area contributed by atoms with Crippen molar-refractivity contribution in [1.82, 2.24) is 9.71 Å². The van der Waals surface area contributed by atoms with Gasteiger partial charge < -0.3 is 4.74 Å². The van der Waals surface area contributed by atoms with Crippen LogP contribution >= 0.6 is 22.9 Å². The fraction of sp³-hybridized carbons (Fsp3) is 0.667. The second-order valence-corrected chi connectivity index (χ2v) is 8.01. The van der Waals surface area contributed by atoms with Crippen molar-refractivity contribution in [3.63, 3.8) is 0 Å². The van der Waals surface area contributed by atoms with Crippen molar-refractivity contribution in [2.45, 2.75) is 18.1 Å². The van der Waals surface area contributed by atoms with Crippen molar-refractivity contribution in [2.75, 3.05) is 19.8 Å². The molecule has 0 aromatic carbocycles. The average molecular weight is 297 g/mol. The monoisotopic (exact) mass is 296 g/mol. The molecule has 0 aliphatic carbocycles. The van der Waals surface area contributed by atoms with Crippen LogP contribution in [0.5, 0.6) is 0 Å². The lowest BCUT2D eigenvalue weighted by Crippen LogP contribution is -2.48. The Bertz CT molecular complexity index is 522. The standard InChI is InChI=1S/C9H13ClN2O3S2/c1-6-7(16-8(10)12-6)17(13,14)11-3-9(2)4-15-5-9/h11H,3-5H2,1-2H3. The summed E-state index contributed by atoms with van der Waals surface area (Å²) in [4.78, 5) is 3.90. The minimum Gasteiger partial charge on any atom is -0.380 e. The quantitative estimate of drug-likeness (QED) is 0.912. The molecule has 0 saturated carbocycles. The van der Waals surface area contributed by atoms with Crippen LogP contribution in [-0.4, -0.2) is 33.2 Å². The van der Waals surface area contributed by atoms with Crippen molar-refractivity contribution in [3.05, 3.63) is 10.2 Å². The van der Waals surface area contributed by atoms with Gasteiger partial charge in [0, 0.05) is 12.0 Å². The first-order valence-electron chi connectivity index (χ1n) is 5.03. The van der Waals surface area contributed by atoms with E-state index in [-0.39, 0.29) is 14.1 Å². The predicted molar refractivity (Wildman–Crippen MR) is 66.0 cm³/mol. The summed E-state index contributed by atoms with van der Waals surface area (Å²) in [6, 6.07) is 0. The van der Waals surface area contributed by atoms with Crippen molar-refractivity contribution in [1.29, 1.82) is 0 Å². The number of thiazole rings is 1. The Morgan fingerprint density at radius 3 is 2.65 bits per heavy atom. The maximum absolute atomic E-state index is 12.0. The number of rotatable bonds is 4. The number of aromatic nitrogens is 1. The molecular formula is C9H13ClN2O3S2. The molecule has 1 N–H and O–H groups in total. The Kier molecular flexibility index (Phi) is 3.48. The lowest BCUT2D eigenvalue weighted by atomic mass is 9.89. The van der Waals surface area contributed by atoms with Gasteiger partial charge in [-0.05, 0) is 6.92 Å². The summed E-state index contributed by atoms with van der Waals surface area (Å²) in [6.07, 6.45) is 0. The fourth-order valence-electron chi connectivity index (χ4n) is 1.49. The minimum atomic E-state index is -3.51. The predicted octanol–water partition coefficient (Wildman–Crippen LogP) is 1.42. The van der Waals surface area contributed by atoms with E-state index in [4.69, 9.17) is 16.3 Å². The Morgan fingerprint density at radius 2 is 2.24 bits per heavy atom. The van der Waals surface area contributed by atoms with E-state index >= 15 is 0 Å². The molecule has 1 saturated heterocycles. The average Bonchev–Trinajstić information content (AvgIpc) is 2.53. The molecule has 1 fully saturated rings. The summed E-state index contributed by atoms with van der Waals surface area (Å²) in [5.41, 5.74) is 0.331. The highest BCUT2D eigenvalue weighted by atomic mass is 35.5. The van der Waals surface area contributed by atoms with Crippen LogP contribution in [0.4, 0.5) is 0 Å². The molecule has 96 valence electrons. The maximum Gasteiger partial charge on any atom is 0.252 e. The summed E-state index contributed by atoms with van der Waals surface area (Å²) in [6.45, 7) is 5.14. The Morgan fingerprint density at radius 1 is 1.59 bits per heavy atom. The molecule has 0 radical (unpaired) electrons. The van der Waals surface area contributed by atoms with Gasteiger partial charge in [-0.1, -0.05) is 29.9 Å². The highest BCUT2D eigenvalue weighted by molar-refractivity contribution is 7.91. The maximum atomic E-state index is 12.0. The van der Waals surface area contributed by atoms with Crippen LogP contribution in [0, 0.1) is 12.3 Å². The van der Waals surface area contributed by atoms with Crippen LogP contribution in [0.15, 0.2) is 4.21 Å². The Balaban J connectivity index is 2.11. The van der Waals surface area contributed by atoms with Crippen molar-refractivity contribution >= 4 is 33.0 Å². The SMILES string of the molecule is Cc1nc(Cl)sc1S(=O)(=O)NCC1(C)COC1. The second-order valence-electron chi connectivity index (χ2n) is 4.47. The molecule has 0 amide bonds. The molecule has 2 heterocycles. The van der Waals surface area contributed by atoms with E-state index in [0.717, 1.165) is 11.3 Å². The highest BCUT2D eigenvalue weighted by Gasteiger charge is 2.35. The number of nitrogens with one attached hydrogen (secondary N) is 1. The number of nitrogens with zero attached hydrogens (tertiary/aromatic N) is 1. The van der Waals surface area contributed by atoms with Gasteiger partial charge in [0.1, 0.15) is 0 Å². The third kappa shape index (κ3) is 2.79. The van der Waals surface area contributed by atoms with Crippen LogP contribution < -0.4 is 4.72 Å². The van der Waals surface area contributed by atoms with Crippen molar-refractivity contribution < 1.29 is 13.2 Å². The first-order chi connectivity index (χ1) is 7.82. The van der Waals surface area contributed by atoms with Crippen LogP contribution in [0.25, 0.3) is 0 Å². The fourth-order valence-corrected chi connectivity index (χ4v) is 4.47. The molecule has 1 aliphatic rings. The van der Waals surface area contributed by atoms with Crippen LogP contribution in [-0.2, 0) is 14.8 Å². The van der Waals surface area contributed by atoms with E-state index < -0.39 is 10.0 Å². The lowest BCUT2D eigenvalue weighted by Gasteiger charge is -2.37. The van der Waals surface area contributed by atoms with E-state index in [1.54, 1.807) is 6.92 Å². The second kappa shape index (κ2) is 4.47. The van der Waals surface area contributed by atoms with Crippen molar-refractivity contribution in [2.24, 2.45) is 5.41 Å².